The predicted octanol–water partition coefficient (Wildman–Crippen LogP) is 16.2. The molecule has 0 fully saturated rings. The van der Waals surface area contributed by atoms with Crippen LogP contribution in [0.15, 0.2) is 12.1 Å². The molecule has 0 saturated heterocycles. The highest BCUT2D eigenvalue weighted by molar-refractivity contribution is 5.38. The standard InChI is InChI=1S/C45H84/c1-5-8-11-14-17-19-21-23-25-27-29-32-34-37-43-41-45(39-36-31-16-13-10-7-3)44(40-42(43)4)38-35-33-30-28-26-24-22-20-18-15-12-9-6-2/h40-41H,5-39H2,1-4H3. The van der Waals surface area contributed by atoms with Gasteiger partial charge in [-0.1, -0.05) is 219 Å². The third-order valence-electron chi connectivity index (χ3n) is 10.6. The van der Waals surface area contributed by atoms with Crippen molar-refractivity contribution in [3.8, 4) is 0 Å². The van der Waals surface area contributed by atoms with Crippen LogP contribution in [0, 0.1) is 6.92 Å². The van der Waals surface area contributed by atoms with E-state index in [4.69, 9.17) is 0 Å². The second-order valence-corrected chi connectivity index (χ2v) is 15.1. The third kappa shape index (κ3) is 25.9. The lowest BCUT2D eigenvalue weighted by Gasteiger charge is -2.16. The van der Waals surface area contributed by atoms with Gasteiger partial charge < -0.3 is 0 Å². The summed E-state index contributed by atoms with van der Waals surface area (Å²) in [6, 6.07) is 5.28. The topological polar surface area (TPSA) is 0 Å². The maximum Gasteiger partial charge on any atom is -0.0276 e. The van der Waals surface area contributed by atoms with Gasteiger partial charge in [-0.05, 0) is 67.7 Å². The van der Waals surface area contributed by atoms with Crippen molar-refractivity contribution in [1.29, 1.82) is 0 Å². The van der Waals surface area contributed by atoms with Gasteiger partial charge in [-0.2, -0.15) is 0 Å². The van der Waals surface area contributed by atoms with E-state index in [9.17, 15) is 0 Å². The van der Waals surface area contributed by atoms with Crippen LogP contribution in [0.3, 0.4) is 0 Å². The first-order valence-electron chi connectivity index (χ1n) is 21.3. The molecule has 0 spiro atoms. The molecule has 0 aliphatic rings. The Morgan fingerprint density at radius 2 is 0.489 bits per heavy atom. The minimum Gasteiger partial charge on any atom is -0.0654 e. The number of aryl methyl sites for hydroxylation is 4. The van der Waals surface area contributed by atoms with Crippen LogP contribution in [0.25, 0.3) is 0 Å². The summed E-state index contributed by atoms with van der Waals surface area (Å²) in [4.78, 5) is 0. The quantitative estimate of drug-likeness (QED) is 0.0659. The van der Waals surface area contributed by atoms with Gasteiger partial charge in [-0.15, -0.1) is 0 Å². The average molecular weight is 625 g/mol. The van der Waals surface area contributed by atoms with Gasteiger partial charge in [0, 0.05) is 0 Å². The molecule has 0 saturated carbocycles. The van der Waals surface area contributed by atoms with Crippen molar-refractivity contribution in [3.63, 3.8) is 0 Å². The fourth-order valence-electron chi connectivity index (χ4n) is 7.36. The molecule has 0 heterocycles. The summed E-state index contributed by atoms with van der Waals surface area (Å²) in [6.07, 6.45) is 49.9. The smallest absolute Gasteiger partial charge is 0.0276 e. The first-order valence-corrected chi connectivity index (χ1v) is 21.3. The predicted molar refractivity (Wildman–Crippen MR) is 207 cm³/mol. The molecule has 0 bridgehead atoms. The van der Waals surface area contributed by atoms with Crippen molar-refractivity contribution in [3.05, 3.63) is 34.4 Å². The van der Waals surface area contributed by atoms with Crippen molar-refractivity contribution in [2.24, 2.45) is 0 Å². The highest BCUT2D eigenvalue weighted by Gasteiger charge is 2.09. The van der Waals surface area contributed by atoms with Crippen molar-refractivity contribution in [2.45, 2.75) is 252 Å². The molecule has 1 aromatic rings. The lowest BCUT2D eigenvalue weighted by atomic mass is 9.90. The van der Waals surface area contributed by atoms with Crippen molar-refractivity contribution in [2.75, 3.05) is 0 Å². The third-order valence-corrected chi connectivity index (χ3v) is 10.6. The maximum atomic E-state index is 2.67. The summed E-state index contributed by atoms with van der Waals surface area (Å²) in [5.74, 6) is 0. The molecule has 0 heteroatoms. The van der Waals surface area contributed by atoms with Crippen LogP contribution >= 0.6 is 0 Å². The summed E-state index contributed by atoms with van der Waals surface area (Å²) in [5, 5.41) is 0. The molecule has 0 amide bonds. The van der Waals surface area contributed by atoms with Crippen LogP contribution in [0.2, 0.25) is 0 Å². The number of hydrogen-bond donors (Lipinski definition) is 0. The van der Waals surface area contributed by atoms with E-state index in [-0.39, 0.29) is 0 Å². The maximum absolute atomic E-state index is 2.67. The molecule has 0 atom stereocenters. The molecule has 1 aromatic carbocycles. The lowest BCUT2D eigenvalue weighted by Crippen LogP contribution is -2.01. The van der Waals surface area contributed by atoms with Crippen molar-refractivity contribution >= 4 is 0 Å². The molecule has 0 unspecified atom stereocenters. The molecule has 0 N–H and O–H groups in total. The van der Waals surface area contributed by atoms with E-state index in [0.29, 0.717) is 0 Å². The second kappa shape index (κ2) is 33.1. The van der Waals surface area contributed by atoms with E-state index < -0.39 is 0 Å². The lowest BCUT2D eigenvalue weighted by molar-refractivity contribution is 0.538. The molecule has 0 aliphatic heterocycles. The van der Waals surface area contributed by atoms with Gasteiger partial charge in [-0.3, -0.25) is 0 Å². The molecule has 0 nitrogen and oxygen atoms in total. The Labute approximate surface area is 286 Å². The molecule has 45 heavy (non-hydrogen) atoms. The Hall–Kier alpha value is -0.780. The van der Waals surface area contributed by atoms with E-state index in [1.54, 1.807) is 22.3 Å². The minimum absolute atomic E-state index is 1.30. The number of hydrogen-bond acceptors (Lipinski definition) is 0. The first kappa shape index (κ1) is 42.2. The number of unbranched alkanes of at least 4 members (excludes halogenated alkanes) is 29. The Bertz CT molecular complexity index is 730. The van der Waals surface area contributed by atoms with E-state index in [1.807, 2.05) is 0 Å². The van der Waals surface area contributed by atoms with E-state index in [2.05, 4.69) is 39.8 Å². The molecular weight excluding hydrogens is 540 g/mol. The average Bonchev–Trinajstić information content (AvgIpc) is 3.04. The van der Waals surface area contributed by atoms with E-state index >= 15 is 0 Å². The van der Waals surface area contributed by atoms with E-state index in [0.717, 1.165) is 0 Å². The summed E-state index contributed by atoms with van der Waals surface area (Å²) in [6.45, 7) is 9.36. The van der Waals surface area contributed by atoms with Crippen molar-refractivity contribution < 1.29 is 0 Å². The molecule has 264 valence electrons. The Morgan fingerprint density at radius 3 is 0.778 bits per heavy atom. The summed E-state index contributed by atoms with van der Waals surface area (Å²) in [5.41, 5.74) is 6.64. The monoisotopic (exact) mass is 625 g/mol. The van der Waals surface area contributed by atoms with Crippen LogP contribution in [0.5, 0.6) is 0 Å². The van der Waals surface area contributed by atoms with Gasteiger partial charge in [0.1, 0.15) is 0 Å². The van der Waals surface area contributed by atoms with Crippen LogP contribution in [-0.4, -0.2) is 0 Å². The van der Waals surface area contributed by atoms with Crippen LogP contribution in [-0.2, 0) is 19.3 Å². The van der Waals surface area contributed by atoms with Gasteiger partial charge in [0.25, 0.3) is 0 Å². The summed E-state index contributed by atoms with van der Waals surface area (Å²) >= 11 is 0. The molecular formula is C45H84. The van der Waals surface area contributed by atoms with Crippen LogP contribution in [0.1, 0.15) is 248 Å². The minimum atomic E-state index is 1.30. The fourth-order valence-corrected chi connectivity index (χ4v) is 7.36. The molecule has 1 rings (SSSR count). The largest absolute Gasteiger partial charge is 0.0654 e. The zero-order valence-corrected chi connectivity index (χ0v) is 31.9. The Balaban J connectivity index is 2.33. The zero-order chi connectivity index (χ0) is 32.5. The fraction of sp³-hybridized carbons (Fsp3) is 0.867. The number of benzene rings is 1. The normalized spacial score (nSPS) is 11.6. The second-order valence-electron chi connectivity index (χ2n) is 15.1. The Kier molecular flexibility index (Phi) is 31.1. The van der Waals surface area contributed by atoms with E-state index in [1.165, 1.54) is 225 Å². The van der Waals surface area contributed by atoms with Gasteiger partial charge in [0.05, 0.1) is 0 Å². The van der Waals surface area contributed by atoms with Gasteiger partial charge in [-0.25, -0.2) is 0 Å². The molecule has 0 radical (unpaired) electrons. The SMILES string of the molecule is CCCCCCCCCCCCCCCc1cc(CCCCCCCC)c(CCCCCCCCCCCCCCC)cc1C. The number of rotatable bonds is 35. The highest BCUT2D eigenvalue weighted by Crippen LogP contribution is 2.24. The molecule has 0 aromatic heterocycles. The highest BCUT2D eigenvalue weighted by atomic mass is 14.1. The van der Waals surface area contributed by atoms with Crippen molar-refractivity contribution in [1.82, 2.24) is 0 Å². The summed E-state index contributed by atoms with van der Waals surface area (Å²) < 4.78 is 0. The first-order chi connectivity index (χ1) is 22.2. The molecule has 0 aliphatic carbocycles. The van der Waals surface area contributed by atoms with Gasteiger partial charge in [0.2, 0.25) is 0 Å². The van der Waals surface area contributed by atoms with Gasteiger partial charge >= 0.3 is 0 Å². The van der Waals surface area contributed by atoms with Crippen LogP contribution < -0.4 is 0 Å². The zero-order valence-electron chi connectivity index (χ0n) is 31.9. The summed E-state index contributed by atoms with van der Waals surface area (Å²) in [7, 11) is 0. The Morgan fingerprint density at radius 1 is 0.267 bits per heavy atom. The van der Waals surface area contributed by atoms with Crippen LogP contribution in [0.4, 0.5) is 0 Å². The van der Waals surface area contributed by atoms with Gasteiger partial charge in [0.15, 0.2) is 0 Å².